The maximum absolute atomic E-state index is 13.7. The summed E-state index contributed by atoms with van der Waals surface area (Å²) in [5.41, 5.74) is 2.62. The van der Waals surface area contributed by atoms with E-state index in [-0.39, 0.29) is 23.7 Å². The first-order chi connectivity index (χ1) is 15.6. The number of H-pyrrole nitrogens is 1. The number of hydrogen-bond donors (Lipinski definition) is 2. The Morgan fingerprint density at radius 1 is 1.16 bits per heavy atom. The van der Waals surface area contributed by atoms with Crippen LogP contribution in [0, 0.1) is 29.5 Å². The van der Waals surface area contributed by atoms with Crippen LogP contribution in [-0.2, 0) is 4.79 Å². The number of halogens is 1. The van der Waals surface area contributed by atoms with Gasteiger partial charge in [-0.25, -0.2) is 4.39 Å². The molecule has 32 heavy (non-hydrogen) atoms. The molecule has 5 nitrogen and oxygen atoms in total. The number of carbonyl (C=O) groups is 1. The normalized spacial score (nSPS) is 24.9. The molecule has 1 amide bonds. The third kappa shape index (κ3) is 3.30. The molecule has 2 N–H and O–H groups in total. The van der Waals surface area contributed by atoms with Crippen molar-refractivity contribution < 1.29 is 13.9 Å². The number of aromatic nitrogens is 2. The zero-order chi connectivity index (χ0) is 21.8. The Hall–Kier alpha value is -3.41. The smallest absolute Gasteiger partial charge is 0.227 e. The zero-order valence-corrected chi connectivity index (χ0v) is 17.7. The summed E-state index contributed by atoms with van der Waals surface area (Å²) in [5.74, 6) is 1.85. The van der Waals surface area contributed by atoms with Gasteiger partial charge in [-0.2, -0.15) is 0 Å². The van der Waals surface area contributed by atoms with Crippen molar-refractivity contribution in [2.75, 3.05) is 5.32 Å². The predicted molar refractivity (Wildman–Crippen MR) is 122 cm³/mol. The van der Waals surface area contributed by atoms with E-state index in [0.29, 0.717) is 28.9 Å². The molecule has 3 atom stereocenters. The second kappa shape index (κ2) is 7.33. The fraction of sp³-hybridized carbons (Fsp3) is 0.308. The van der Waals surface area contributed by atoms with E-state index in [1.165, 1.54) is 12.1 Å². The molecule has 162 valence electrons. The minimum Gasteiger partial charge on any atom is -0.490 e. The number of benzene rings is 2. The molecule has 0 radical (unpaired) electrons. The SMILES string of the molecule is CC(C(=O)Nc1ccc2[nH]ccc2c1)C1C2CC(Oc3ccnc4ccc(F)cc34)CC21. The van der Waals surface area contributed by atoms with Gasteiger partial charge in [0.05, 0.1) is 11.6 Å². The number of rotatable bonds is 5. The molecule has 0 bridgehead atoms. The van der Waals surface area contributed by atoms with Crippen molar-refractivity contribution >= 4 is 33.4 Å². The molecule has 0 spiro atoms. The van der Waals surface area contributed by atoms with Crippen LogP contribution >= 0.6 is 0 Å². The summed E-state index contributed by atoms with van der Waals surface area (Å²) in [5, 5.41) is 4.87. The van der Waals surface area contributed by atoms with Crippen molar-refractivity contribution in [2.45, 2.75) is 25.9 Å². The van der Waals surface area contributed by atoms with Crippen molar-refractivity contribution in [3.8, 4) is 5.75 Å². The van der Waals surface area contributed by atoms with Crippen LogP contribution in [0.4, 0.5) is 10.1 Å². The monoisotopic (exact) mass is 429 g/mol. The lowest BCUT2D eigenvalue weighted by Crippen LogP contribution is -2.25. The van der Waals surface area contributed by atoms with E-state index in [1.54, 1.807) is 18.3 Å². The highest BCUT2D eigenvalue weighted by Gasteiger charge is 2.59. The third-order valence-corrected chi connectivity index (χ3v) is 7.24. The summed E-state index contributed by atoms with van der Waals surface area (Å²) in [7, 11) is 0. The molecule has 0 aliphatic heterocycles. The van der Waals surface area contributed by atoms with Crippen molar-refractivity contribution in [1.82, 2.24) is 9.97 Å². The molecule has 3 unspecified atom stereocenters. The first kappa shape index (κ1) is 19.3. The summed E-state index contributed by atoms with van der Waals surface area (Å²) in [6.45, 7) is 2.03. The Morgan fingerprint density at radius 2 is 2.00 bits per heavy atom. The van der Waals surface area contributed by atoms with E-state index in [4.69, 9.17) is 4.74 Å². The highest BCUT2D eigenvalue weighted by atomic mass is 19.1. The van der Waals surface area contributed by atoms with E-state index >= 15 is 0 Å². The summed E-state index contributed by atoms with van der Waals surface area (Å²) in [6, 6.07) is 14.3. The maximum atomic E-state index is 13.7. The minimum absolute atomic E-state index is 0.0382. The molecule has 4 aromatic rings. The topological polar surface area (TPSA) is 67.0 Å². The van der Waals surface area contributed by atoms with Crippen molar-refractivity contribution in [1.29, 1.82) is 0 Å². The lowest BCUT2D eigenvalue weighted by molar-refractivity contribution is -0.120. The maximum Gasteiger partial charge on any atom is 0.227 e. The largest absolute Gasteiger partial charge is 0.490 e. The number of carbonyl (C=O) groups excluding carboxylic acids is 1. The molecule has 2 aromatic carbocycles. The number of anilines is 1. The number of ether oxygens (including phenoxy) is 1. The van der Waals surface area contributed by atoms with Crippen molar-refractivity contribution in [2.24, 2.45) is 23.7 Å². The molecule has 2 aliphatic rings. The number of fused-ring (bicyclic) bond motifs is 3. The zero-order valence-electron chi connectivity index (χ0n) is 17.7. The second-order valence-corrected chi connectivity index (χ2v) is 9.14. The van der Waals surface area contributed by atoms with Gasteiger partial charge in [0.15, 0.2) is 0 Å². The summed E-state index contributed by atoms with van der Waals surface area (Å²) in [4.78, 5) is 20.3. The van der Waals surface area contributed by atoms with Gasteiger partial charge >= 0.3 is 0 Å². The minimum atomic E-state index is -0.292. The van der Waals surface area contributed by atoms with Crippen LogP contribution in [0.3, 0.4) is 0 Å². The molecule has 6 rings (SSSR count). The Bertz CT molecular complexity index is 1320. The van der Waals surface area contributed by atoms with Crippen LogP contribution in [0.5, 0.6) is 5.75 Å². The van der Waals surface area contributed by atoms with Crippen LogP contribution in [0.2, 0.25) is 0 Å². The molecule has 0 saturated heterocycles. The number of pyridine rings is 1. The van der Waals surface area contributed by atoms with Crippen LogP contribution < -0.4 is 10.1 Å². The lowest BCUT2D eigenvalue weighted by atomic mass is 9.97. The van der Waals surface area contributed by atoms with Gasteiger partial charge in [0.25, 0.3) is 0 Å². The average molecular weight is 429 g/mol. The van der Waals surface area contributed by atoms with Gasteiger partial charge in [-0.15, -0.1) is 0 Å². The third-order valence-electron chi connectivity index (χ3n) is 7.24. The molecule has 6 heteroatoms. The Kier molecular flexibility index (Phi) is 4.42. The van der Waals surface area contributed by atoms with Crippen LogP contribution in [-0.4, -0.2) is 22.0 Å². The van der Waals surface area contributed by atoms with Crippen LogP contribution in [0.25, 0.3) is 21.8 Å². The van der Waals surface area contributed by atoms with Gasteiger partial charge in [-0.3, -0.25) is 9.78 Å². The van der Waals surface area contributed by atoms with E-state index < -0.39 is 0 Å². The highest BCUT2D eigenvalue weighted by Crippen LogP contribution is 2.61. The van der Waals surface area contributed by atoms with E-state index in [2.05, 4.69) is 15.3 Å². The molecule has 2 fully saturated rings. The summed E-state index contributed by atoms with van der Waals surface area (Å²) < 4.78 is 20.0. The molecular weight excluding hydrogens is 405 g/mol. The van der Waals surface area contributed by atoms with Crippen LogP contribution in [0.1, 0.15) is 19.8 Å². The fourth-order valence-electron chi connectivity index (χ4n) is 5.62. The number of nitrogens with zero attached hydrogens (tertiary/aromatic N) is 1. The highest BCUT2D eigenvalue weighted by molar-refractivity contribution is 5.95. The lowest BCUT2D eigenvalue weighted by Gasteiger charge is -2.20. The van der Waals surface area contributed by atoms with Gasteiger partial charge in [0.1, 0.15) is 11.6 Å². The number of amides is 1. The van der Waals surface area contributed by atoms with E-state index in [9.17, 15) is 9.18 Å². The summed E-state index contributed by atoms with van der Waals surface area (Å²) >= 11 is 0. The standard InChI is InChI=1S/C26H24FN3O2/c1-14(26(31)30-17-3-5-22-15(10-17)6-8-28-22)25-19-12-18(13-20(19)25)32-24-7-9-29-23-4-2-16(27)11-21(23)24/h2-11,14,18-20,25,28H,12-13H2,1H3,(H,30,31). The van der Waals surface area contributed by atoms with Gasteiger partial charge < -0.3 is 15.0 Å². The molecule has 2 aromatic heterocycles. The summed E-state index contributed by atoms with van der Waals surface area (Å²) in [6.07, 6.45) is 5.56. The van der Waals surface area contributed by atoms with E-state index in [0.717, 1.165) is 34.9 Å². The Balaban J connectivity index is 1.08. The fourth-order valence-corrected chi connectivity index (χ4v) is 5.62. The van der Waals surface area contributed by atoms with Gasteiger partial charge in [-0.05, 0) is 79.1 Å². The number of nitrogens with one attached hydrogen (secondary N) is 2. The average Bonchev–Trinajstić information content (AvgIpc) is 3.12. The first-order valence-corrected chi connectivity index (χ1v) is 11.2. The van der Waals surface area contributed by atoms with Gasteiger partial charge in [0, 0.05) is 40.3 Å². The quantitative estimate of drug-likeness (QED) is 0.438. The molecule has 2 heterocycles. The van der Waals surface area contributed by atoms with E-state index in [1.807, 2.05) is 37.4 Å². The Morgan fingerprint density at radius 3 is 2.84 bits per heavy atom. The van der Waals surface area contributed by atoms with Crippen molar-refractivity contribution in [3.63, 3.8) is 0 Å². The number of hydrogen-bond acceptors (Lipinski definition) is 3. The second-order valence-electron chi connectivity index (χ2n) is 9.14. The molecular formula is C26H24FN3O2. The molecule has 2 aliphatic carbocycles. The van der Waals surface area contributed by atoms with Crippen LogP contribution in [0.15, 0.2) is 60.9 Å². The predicted octanol–water partition coefficient (Wildman–Crippen LogP) is 5.53. The number of aromatic amines is 1. The van der Waals surface area contributed by atoms with Gasteiger partial charge in [-0.1, -0.05) is 6.92 Å². The van der Waals surface area contributed by atoms with Gasteiger partial charge in [0.2, 0.25) is 5.91 Å². The Labute approximate surface area is 185 Å². The first-order valence-electron chi connectivity index (χ1n) is 11.2. The molecule has 2 saturated carbocycles. The van der Waals surface area contributed by atoms with Crippen molar-refractivity contribution in [3.05, 3.63) is 66.7 Å².